The predicted molar refractivity (Wildman–Crippen MR) is 96.0 cm³/mol. The maximum absolute atomic E-state index is 12.9. The van der Waals surface area contributed by atoms with Gasteiger partial charge in [-0.15, -0.1) is 10.2 Å². The molecule has 0 radical (unpaired) electrons. The summed E-state index contributed by atoms with van der Waals surface area (Å²) in [5.74, 6) is -1.48. The number of Topliss-reactive ketones (excluding diaryl/α,β-unsaturated/α-hetero) is 1. The summed E-state index contributed by atoms with van der Waals surface area (Å²) in [4.78, 5) is 37.0. The van der Waals surface area contributed by atoms with Crippen molar-refractivity contribution in [3.63, 3.8) is 0 Å². The molecule has 2 heterocycles. The van der Waals surface area contributed by atoms with Crippen molar-refractivity contribution in [1.29, 1.82) is 0 Å². The molecule has 0 bridgehead atoms. The normalized spacial score (nSPS) is 10.6. The quantitative estimate of drug-likeness (QED) is 0.530. The number of benzene rings is 1. The van der Waals surface area contributed by atoms with Crippen LogP contribution in [0.15, 0.2) is 24.3 Å². The fourth-order valence-electron chi connectivity index (χ4n) is 2.82. The number of nitrogens with one attached hydrogen (secondary N) is 1. The van der Waals surface area contributed by atoms with Gasteiger partial charge in [0.1, 0.15) is 5.75 Å². The van der Waals surface area contributed by atoms with Gasteiger partial charge in [-0.05, 0) is 19.1 Å². The van der Waals surface area contributed by atoms with Crippen LogP contribution in [0.1, 0.15) is 38.3 Å². The first kappa shape index (κ1) is 18.1. The molecule has 0 aliphatic carbocycles. The van der Waals surface area contributed by atoms with Crippen molar-refractivity contribution < 1.29 is 23.9 Å². The number of anilines is 1. The van der Waals surface area contributed by atoms with Crippen LogP contribution in [0.5, 0.6) is 5.75 Å². The third-order valence-electron chi connectivity index (χ3n) is 4.00. The van der Waals surface area contributed by atoms with E-state index in [9.17, 15) is 14.4 Å². The molecule has 0 aliphatic rings. The molecule has 2 aromatic heterocycles. The Hall–Kier alpha value is -3.75. The summed E-state index contributed by atoms with van der Waals surface area (Å²) >= 11 is 0. The van der Waals surface area contributed by atoms with Gasteiger partial charge in [-0.2, -0.15) is 0 Å². The fourth-order valence-corrected chi connectivity index (χ4v) is 2.82. The number of amides is 1. The fraction of sp³-hybridized carbons (Fsp3) is 0.167. The van der Waals surface area contributed by atoms with E-state index in [2.05, 4.69) is 26.8 Å². The van der Waals surface area contributed by atoms with Crippen LogP contribution in [-0.2, 0) is 4.74 Å². The Morgan fingerprint density at radius 3 is 2.44 bits per heavy atom. The molecule has 1 aromatic carbocycles. The second-order valence-corrected chi connectivity index (χ2v) is 5.58. The minimum absolute atomic E-state index is 0.0268. The maximum Gasteiger partial charge on any atom is 0.376 e. The van der Waals surface area contributed by atoms with E-state index in [1.165, 1.54) is 25.5 Å². The summed E-state index contributed by atoms with van der Waals surface area (Å²) in [5, 5.41) is 10.5. The molecule has 9 nitrogen and oxygen atoms in total. The number of ketones is 1. The number of hydrogen-bond donors (Lipinski definition) is 1. The number of carbonyl (C=O) groups excluding carboxylic acids is 3. The Bertz CT molecular complexity index is 1120. The summed E-state index contributed by atoms with van der Waals surface area (Å²) in [6.45, 7) is 5.11. The van der Waals surface area contributed by atoms with Crippen LogP contribution in [-0.4, -0.2) is 46.5 Å². The topological polar surface area (TPSA) is 112 Å². The van der Waals surface area contributed by atoms with Crippen molar-refractivity contribution in [3.05, 3.63) is 46.6 Å². The summed E-state index contributed by atoms with van der Waals surface area (Å²) in [7, 11) is 2.66. The van der Waals surface area contributed by atoms with Gasteiger partial charge in [0.2, 0.25) is 5.82 Å². The minimum Gasteiger partial charge on any atom is -0.495 e. The molecule has 0 saturated carbocycles. The predicted octanol–water partition coefficient (Wildman–Crippen LogP) is 1.11. The van der Waals surface area contributed by atoms with Crippen LogP contribution in [0.2, 0.25) is 0 Å². The Balaban J connectivity index is 2.18. The van der Waals surface area contributed by atoms with Gasteiger partial charge in [-0.25, -0.2) is 4.79 Å². The standard InChI is InChI=1S/C18H16N4O5/c1-9-13(10(2)23)14(15-20-21-16(22(9)15)18(25)27-4)17(24)19-11-7-5-6-8-12(11)26-3/h5-8H,1H2,2-4H3,(H,19,24). The molecule has 9 heteroatoms. The molecule has 0 fully saturated rings. The van der Waals surface area contributed by atoms with Crippen molar-refractivity contribution >= 4 is 35.6 Å². The minimum atomic E-state index is -0.760. The zero-order valence-electron chi connectivity index (χ0n) is 14.9. The SMILES string of the molecule is C=c1c(C(C)=O)c(C(=O)Nc2ccccc2OC)c2nnc(C(=O)OC)n12. The molecule has 3 aromatic rings. The lowest BCUT2D eigenvalue weighted by Crippen LogP contribution is -2.21. The van der Waals surface area contributed by atoms with E-state index in [1.807, 2.05) is 0 Å². The highest BCUT2D eigenvalue weighted by atomic mass is 16.5. The van der Waals surface area contributed by atoms with E-state index in [0.717, 1.165) is 0 Å². The number of para-hydroxylation sites is 2. The number of carbonyl (C=O) groups is 3. The number of hydrogen-bond acceptors (Lipinski definition) is 7. The lowest BCUT2D eigenvalue weighted by atomic mass is 10.1. The van der Waals surface area contributed by atoms with Crippen molar-refractivity contribution in [2.75, 3.05) is 19.5 Å². The average molecular weight is 368 g/mol. The first-order valence-electron chi connectivity index (χ1n) is 7.84. The van der Waals surface area contributed by atoms with Gasteiger partial charge in [-0.3, -0.25) is 14.0 Å². The molecule has 0 aliphatic heterocycles. The molecular weight excluding hydrogens is 352 g/mol. The molecule has 0 spiro atoms. The summed E-state index contributed by atoms with van der Waals surface area (Å²) < 4.78 is 11.1. The third-order valence-corrected chi connectivity index (χ3v) is 4.00. The highest BCUT2D eigenvalue weighted by Gasteiger charge is 2.29. The Labute approximate surface area is 153 Å². The number of esters is 1. The van der Waals surface area contributed by atoms with Crippen molar-refractivity contribution in [3.8, 4) is 5.75 Å². The van der Waals surface area contributed by atoms with Crippen molar-refractivity contribution in [2.24, 2.45) is 0 Å². The van der Waals surface area contributed by atoms with Gasteiger partial charge in [0.05, 0.1) is 36.4 Å². The first-order chi connectivity index (χ1) is 12.9. The molecule has 1 N–H and O–H groups in total. The lowest BCUT2D eigenvalue weighted by Gasteiger charge is -2.09. The van der Waals surface area contributed by atoms with Crippen LogP contribution in [0, 0.1) is 0 Å². The van der Waals surface area contributed by atoms with Gasteiger partial charge < -0.3 is 14.8 Å². The van der Waals surface area contributed by atoms with E-state index in [-0.39, 0.29) is 27.9 Å². The number of methoxy groups -OCH3 is 2. The number of aromatic nitrogens is 3. The molecule has 1 amide bonds. The molecule has 0 unspecified atom stereocenters. The van der Waals surface area contributed by atoms with Crippen LogP contribution in [0.25, 0.3) is 12.2 Å². The molecule has 3 rings (SSSR count). The van der Waals surface area contributed by atoms with E-state index < -0.39 is 17.7 Å². The monoisotopic (exact) mass is 368 g/mol. The zero-order chi connectivity index (χ0) is 19.7. The maximum atomic E-state index is 12.9. The molecule has 27 heavy (non-hydrogen) atoms. The van der Waals surface area contributed by atoms with E-state index >= 15 is 0 Å². The summed E-state index contributed by atoms with van der Waals surface area (Å²) in [6.07, 6.45) is 0. The van der Waals surface area contributed by atoms with E-state index in [4.69, 9.17) is 4.74 Å². The van der Waals surface area contributed by atoms with Crippen LogP contribution < -0.4 is 15.4 Å². The second-order valence-electron chi connectivity index (χ2n) is 5.58. The molecule has 0 saturated heterocycles. The zero-order valence-corrected chi connectivity index (χ0v) is 14.9. The largest absolute Gasteiger partial charge is 0.495 e. The van der Waals surface area contributed by atoms with Crippen LogP contribution in [0.3, 0.4) is 0 Å². The van der Waals surface area contributed by atoms with E-state index in [1.54, 1.807) is 24.3 Å². The van der Waals surface area contributed by atoms with Crippen molar-refractivity contribution in [2.45, 2.75) is 6.92 Å². The summed E-state index contributed by atoms with van der Waals surface area (Å²) in [5.41, 5.74) is 0.480. The number of fused-ring (bicyclic) bond motifs is 1. The van der Waals surface area contributed by atoms with Gasteiger partial charge in [0.25, 0.3) is 5.91 Å². The van der Waals surface area contributed by atoms with Crippen molar-refractivity contribution in [1.82, 2.24) is 14.6 Å². The van der Waals surface area contributed by atoms with Gasteiger partial charge in [0, 0.05) is 0 Å². The van der Waals surface area contributed by atoms with Crippen LogP contribution in [0.4, 0.5) is 5.69 Å². The van der Waals surface area contributed by atoms with Crippen LogP contribution >= 0.6 is 0 Å². The Morgan fingerprint density at radius 2 is 1.81 bits per heavy atom. The molecule has 0 atom stereocenters. The highest BCUT2D eigenvalue weighted by molar-refractivity contribution is 6.16. The molecule has 138 valence electrons. The number of ether oxygens (including phenoxy) is 2. The highest BCUT2D eigenvalue weighted by Crippen LogP contribution is 2.25. The Morgan fingerprint density at radius 1 is 1.11 bits per heavy atom. The lowest BCUT2D eigenvalue weighted by molar-refractivity contribution is 0.0584. The smallest absolute Gasteiger partial charge is 0.376 e. The Kier molecular flexibility index (Phi) is 4.59. The first-order valence-corrected chi connectivity index (χ1v) is 7.84. The molecular formula is C18H16N4O5. The average Bonchev–Trinajstić information content (AvgIpc) is 3.20. The van der Waals surface area contributed by atoms with Gasteiger partial charge in [-0.1, -0.05) is 18.7 Å². The van der Waals surface area contributed by atoms with Gasteiger partial charge >= 0.3 is 5.97 Å². The summed E-state index contributed by atoms with van der Waals surface area (Å²) in [6, 6.07) is 6.82. The van der Waals surface area contributed by atoms with Gasteiger partial charge in [0.15, 0.2) is 11.4 Å². The number of nitrogens with zero attached hydrogens (tertiary/aromatic N) is 3. The van der Waals surface area contributed by atoms with E-state index in [0.29, 0.717) is 11.4 Å². The third kappa shape index (κ3) is 2.88. The number of rotatable bonds is 5. The second kappa shape index (κ2) is 6.87.